The number of benzene rings is 3. The van der Waals surface area contributed by atoms with Gasteiger partial charge in [-0.05, 0) is 57.8 Å². The highest BCUT2D eigenvalue weighted by molar-refractivity contribution is 7.17. The molecule has 0 aliphatic heterocycles. The maximum absolute atomic E-state index is 13.4. The first kappa shape index (κ1) is 16.5. The zero-order valence-electron chi connectivity index (χ0n) is 14.2. The first-order valence-corrected chi connectivity index (χ1v) is 9.17. The summed E-state index contributed by atoms with van der Waals surface area (Å²) in [6.45, 7) is 2.03. The van der Waals surface area contributed by atoms with Crippen molar-refractivity contribution in [2.24, 2.45) is 0 Å². The van der Waals surface area contributed by atoms with Crippen LogP contribution < -0.4 is 0 Å². The van der Waals surface area contributed by atoms with Gasteiger partial charge in [0.25, 0.3) is 0 Å². The van der Waals surface area contributed by atoms with Gasteiger partial charge in [-0.2, -0.15) is 0 Å². The van der Waals surface area contributed by atoms with E-state index in [9.17, 15) is 9.59 Å². The van der Waals surface area contributed by atoms with Crippen molar-refractivity contribution in [3.8, 4) is 0 Å². The monoisotopic (exact) mass is 360 g/mol. The fraction of sp³-hybridized carbons (Fsp3) is 0.0909. The summed E-state index contributed by atoms with van der Waals surface area (Å²) in [6.07, 6.45) is -0.0965. The molecular weight excluding hydrogens is 344 g/mol. The van der Waals surface area contributed by atoms with Crippen LogP contribution in [0.5, 0.6) is 0 Å². The SMILES string of the molecule is Cc1ccc(C(=O)c2cc(CC(=O)O)cc3ccsc23)c2ccccc12. The van der Waals surface area contributed by atoms with Crippen LogP contribution in [0, 0.1) is 6.92 Å². The first-order chi connectivity index (χ1) is 12.5. The number of rotatable bonds is 4. The second-order valence-electron chi connectivity index (χ2n) is 6.36. The molecular formula is C22H16O3S. The lowest BCUT2D eigenvalue weighted by molar-refractivity contribution is -0.136. The van der Waals surface area contributed by atoms with E-state index in [0.717, 1.165) is 26.4 Å². The van der Waals surface area contributed by atoms with Gasteiger partial charge in [0, 0.05) is 15.8 Å². The number of carboxylic acid groups (broad SMARTS) is 1. The Labute approximate surface area is 154 Å². The largest absolute Gasteiger partial charge is 0.481 e. The van der Waals surface area contributed by atoms with Crippen LogP contribution in [0.2, 0.25) is 0 Å². The summed E-state index contributed by atoms with van der Waals surface area (Å²) in [4.78, 5) is 24.5. The molecule has 0 saturated heterocycles. The summed E-state index contributed by atoms with van der Waals surface area (Å²) in [5.74, 6) is -0.973. The predicted molar refractivity (Wildman–Crippen MR) is 105 cm³/mol. The molecule has 0 radical (unpaired) electrons. The van der Waals surface area contributed by atoms with E-state index in [-0.39, 0.29) is 12.2 Å². The van der Waals surface area contributed by atoms with Gasteiger partial charge >= 0.3 is 5.97 Å². The molecule has 0 fully saturated rings. The van der Waals surface area contributed by atoms with E-state index in [0.29, 0.717) is 16.7 Å². The van der Waals surface area contributed by atoms with Gasteiger partial charge in [0.05, 0.1) is 6.42 Å². The Balaban J connectivity index is 1.93. The van der Waals surface area contributed by atoms with Crippen LogP contribution in [0.15, 0.2) is 60.0 Å². The number of hydrogen-bond donors (Lipinski definition) is 1. The van der Waals surface area contributed by atoms with Crippen LogP contribution in [0.4, 0.5) is 0 Å². The molecule has 0 aliphatic carbocycles. The number of hydrogen-bond acceptors (Lipinski definition) is 3. The third kappa shape index (κ3) is 2.78. The third-order valence-corrected chi connectivity index (χ3v) is 5.56. The van der Waals surface area contributed by atoms with Gasteiger partial charge in [-0.3, -0.25) is 9.59 Å². The Morgan fingerprint density at radius 3 is 2.50 bits per heavy atom. The molecule has 4 rings (SSSR count). The average Bonchev–Trinajstić information content (AvgIpc) is 3.09. The summed E-state index contributed by atoms with van der Waals surface area (Å²) in [5.41, 5.74) is 2.98. The van der Waals surface area contributed by atoms with Crippen molar-refractivity contribution in [3.05, 3.63) is 82.2 Å². The molecule has 3 nitrogen and oxygen atoms in total. The third-order valence-electron chi connectivity index (χ3n) is 4.60. The molecule has 0 aliphatic rings. The number of fused-ring (bicyclic) bond motifs is 2. The van der Waals surface area contributed by atoms with E-state index in [2.05, 4.69) is 0 Å². The predicted octanol–water partition coefficient (Wildman–Crippen LogP) is 5.22. The van der Waals surface area contributed by atoms with E-state index < -0.39 is 5.97 Å². The summed E-state index contributed by atoms with van der Waals surface area (Å²) in [7, 11) is 0. The Morgan fingerprint density at radius 2 is 1.73 bits per heavy atom. The standard InChI is InChI=1S/C22H16O3S/c1-13-6-7-18(17-5-3-2-4-16(13)17)21(25)19-11-14(12-20(23)24)10-15-8-9-26-22(15)19/h2-11H,12H2,1H3,(H,23,24). The summed E-state index contributed by atoms with van der Waals surface area (Å²) in [5, 5.41) is 13.9. The zero-order valence-corrected chi connectivity index (χ0v) is 15.0. The van der Waals surface area contributed by atoms with Gasteiger partial charge < -0.3 is 5.11 Å². The van der Waals surface area contributed by atoms with Crippen LogP contribution in [0.1, 0.15) is 27.0 Å². The number of aliphatic carboxylic acids is 1. The lowest BCUT2D eigenvalue weighted by atomic mass is 9.93. The van der Waals surface area contributed by atoms with E-state index in [1.54, 1.807) is 6.07 Å². The molecule has 0 unspecified atom stereocenters. The quantitative estimate of drug-likeness (QED) is 0.508. The zero-order chi connectivity index (χ0) is 18.3. The molecule has 4 heteroatoms. The number of carbonyl (C=O) groups excluding carboxylic acids is 1. The smallest absolute Gasteiger partial charge is 0.307 e. The topological polar surface area (TPSA) is 54.4 Å². The lowest BCUT2D eigenvalue weighted by Crippen LogP contribution is -2.06. The van der Waals surface area contributed by atoms with Crippen LogP contribution in [-0.2, 0) is 11.2 Å². The van der Waals surface area contributed by atoms with Crippen LogP contribution in [-0.4, -0.2) is 16.9 Å². The number of carboxylic acids is 1. The van der Waals surface area contributed by atoms with Crippen molar-refractivity contribution in [2.75, 3.05) is 0 Å². The molecule has 1 heterocycles. The fourth-order valence-electron chi connectivity index (χ4n) is 3.38. The number of thiophene rings is 1. The minimum Gasteiger partial charge on any atom is -0.481 e. The highest BCUT2D eigenvalue weighted by atomic mass is 32.1. The molecule has 26 heavy (non-hydrogen) atoms. The maximum Gasteiger partial charge on any atom is 0.307 e. The minimum atomic E-state index is -0.904. The highest BCUT2D eigenvalue weighted by Crippen LogP contribution is 2.31. The molecule has 3 aromatic carbocycles. The Bertz CT molecular complexity index is 1170. The van der Waals surface area contributed by atoms with E-state index in [1.807, 2.05) is 60.8 Å². The van der Waals surface area contributed by atoms with Crippen molar-refractivity contribution in [1.82, 2.24) is 0 Å². The molecule has 0 bridgehead atoms. The molecule has 0 atom stereocenters. The molecule has 0 saturated carbocycles. The summed E-state index contributed by atoms with van der Waals surface area (Å²) >= 11 is 1.50. The van der Waals surface area contributed by atoms with Gasteiger partial charge in [-0.1, -0.05) is 36.4 Å². The van der Waals surface area contributed by atoms with E-state index in [4.69, 9.17) is 5.11 Å². The van der Waals surface area contributed by atoms with Gasteiger partial charge in [0.15, 0.2) is 5.78 Å². The Hall–Kier alpha value is -2.98. The molecule has 128 valence electrons. The minimum absolute atomic E-state index is 0.0686. The molecule has 1 N–H and O–H groups in total. The van der Waals surface area contributed by atoms with Crippen molar-refractivity contribution >= 4 is 43.9 Å². The normalized spacial score (nSPS) is 11.1. The molecule has 1 aromatic heterocycles. The average molecular weight is 360 g/mol. The summed E-state index contributed by atoms with van der Waals surface area (Å²) in [6, 6.07) is 17.2. The van der Waals surface area contributed by atoms with Gasteiger partial charge in [0.2, 0.25) is 0 Å². The van der Waals surface area contributed by atoms with Gasteiger partial charge in [-0.25, -0.2) is 0 Å². The highest BCUT2D eigenvalue weighted by Gasteiger charge is 2.18. The van der Waals surface area contributed by atoms with Crippen molar-refractivity contribution in [3.63, 3.8) is 0 Å². The Morgan fingerprint density at radius 1 is 0.962 bits per heavy atom. The molecule has 0 spiro atoms. The van der Waals surface area contributed by atoms with Crippen molar-refractivity contribution in [1.29, 1.82) is 0 Å². The van der Waals surface area contributed by atoms with Crippen LogP contribution in [0.3, 0.4) is 0 Å². The van der Waals surface area contributed by atoms with Gasteiger partial charge in [-0.15, -0.1) is 11.3 Å². The van der Waals surface area contributed by atoms with Crippen molar-refractivity contribution < 1.29 is 14.7 Å². The molecule has 0 amide bonds. The van der Waals surface area contributed by atoms with E-state index >= 15 is 0 Å². The molecule has 4 aromatic rings. The lowest BCUT2D eigenvalue weighted by Gasteiger charge is -2.10. The first-order valence-electron chi connectivity index (χ1n) is 8.29. The van der Waals surface area contributed by atoms with E-state index in [1.165, 1.54) is 11.3 Å². The second-order valence-corrected chi connectivity index (χ2v) is 7.27. The maximum atomic E-state index is 13.4. The second kappa shape index (κ2) is 6.39. The number of carbonyl (C=O) groups is 2. The van der Waals surface area contributed by atoms with Crippen LogP contribution in [0.25, 0.3) is 20.9 Å². The van der Waals surface area contributed by atoms with Crippen LogP contribution >= 0.6 is 11.3 Å². The Kier molecular flexibility index (Phi) is 4.05. The van der Waals surface area contributed by atoms with Crippen molar-refractivity contribution in [2.45, 2.75) is 13.3 Å². The fourth-order valence-corrected chi connectivity index (χ4v) is 4.27. The number of aryl methyl sites for hydroxylation is 1. The van der Waals surface area contributed by atoms with Gasteiger partial charge in [0.1, 0.15) is 0 Å². The summed E-state index contributed by atoms with van der Waals surface area (Å²) < 4.78 is 0.897. The number of ketones is 1.